The fraction of sp³-hybridized carbons (Fsp3) is 0.238. The summed E-state index contributed by atoms with van der Waals surface area (Å²) in [6.07, 6.45) is 2.93. The van der Waals surface area contributed by atoms with Crippen LogP contribution in [0.25, 0.3) is 11.3 Å². The number of aromatic nitrogens is 1. The van der Waals surface area contributed by atoms with Crippen LogP contribution in [0.3, 0.4) is 0 Å². The van der Waals surface area contributed by atoms with Gasteiger partial charge in [0.2, 0.25) is 5.91 Å². The lowest BCUT2D eigenvalue weighted by Gasteiger charge is -2.14. The third-order valence-electron chi connectivity index (χ3n) is 4.21. The number of aryl methyl sites for hydroxylation is 1. The van der Waals surface area contributed by atoms with E-state index in [4.69, 9.17) is 39.2 Å². The maximum Gasteiger partial charge on any atom is 0.220 e. The van der Waals surface area contributed by atoms with Gasteiger partial charge in [-0.2, -0.15) is 0 Å². The van der Waals surface area contributed by atoms with Crippen LogP contribution in [0.2, 0.25) is 15.1 Å². The van der Waals surface area contributed by atoms with Crippen molar-refractivity contribution in [3.8, 4) is 11.3 Å². The maximum absolute atomic E-state index is 12.2. The Morgan fingerprint density at radius 3 is 2.68 bits per heavy atom. The van der Waals surface area contributed by atoms with Crippen LogP contribution in [0.15, 0.2) is 53.1 Å². The van der Waals surface area contributed by atoms with Crippen molar-refractivity contribution in [1.29, 1.82) is 0 Å². The van der Waals surface area contributed by atoms with Gasteiger partial charge >= 0.3 is 0 Å². The summed E-state index contributed by atoms with van der Waals surface area (Å²) in [5, 5.41) is 4.75. The standard InChI is InChI=1S/C21H19Cl3N2O2/c1-13(10-14-6-7-15(22)11-18(14)24)26-20(27)8-9-21-25-12-19(28-21)16-4-2-3-5-17(16)23/h2-7,11-13H,8-10H2,1H3,(H,26,27). The van der Waals surface area contributed by atoms with Gasteiger partial charge in [0.25, 0.3) is 0 Å². The van der Waals surface area contributed by atoms with Gasteiger partial charge in [0.1, 0.15) is 0 Å². The highest BCUT2D eigenvalue weighted by Gasteiger charge is 2.13. The van der Waals surface area contributed by atoms with Gasteiger partial charge in [-0.05, 0) is 43.2 Å². The molecule has 1 unspecified atom stereocenters. The molecule has 1 heterocycles. The summed E-state index contributed by atoms with van der Waals surface area (Å²) < 4.78 is 5.72. The van der Waals surface area contributed by atoms with Crippen molar-refractivity contribution in [2.75, 3.05) is 0 Å². The van der Waals surface area contributed by atoms with E-state index < -0.39 is 0 Å². The number of amides is 1. The van der Waals surface area contributed by atoms with Gasteiger partial charge in [0.05, 0.1) is 11.2 Å². The van der Waals surface area contributed by atoms with Crippen molar-refractivity contribution >= 4 is 40.7 Å². The number of rotatable bonds is 7. The molecule has 146 valence electrons. The van der Waals surface area contributed by atoms with Gasteiger partial charge in [-0.25, -0.2) is 4.98 Å². The molecule has 4 nitrogen and oxygen atoms in total. The Kier molecular flexibility index (Phi) is 7.00. The molecule has 0 saturated carbocycles. The Morgan fingerprint density at radius 2 is 1.93 bits per heavy atom. The molecule has 1 aromatic heterocycles. The summed E-state index contributed by atoms with van der Waals surface area (Å²) in [5.41, 5.74) is 1.72. The molecule has 0 bridgehead atoms. The number of carbonyl (C=O) groups excluding carboxylic acids is 1. The van der Waals surface area contributed by atoms with E-state index in [2.05, 4.69) is 10.3 Å². The van der Waals surface area contributed by atoms with E-state index in [0.29, 0.717) is 39.6 Å². The first-order valence-corrected chi connectivity index (χ1v) is 9.98. The lowest BCUT2D eigenvalue weighted by Crippen LogP contribution is -2.34. The average molecular weight is 438 g/mol. The van der Waals surface area contributed by atoms with Crippen LogP contribution in [-0.4, -0.2) is 16.9 Å². The van der Waals surface area contributed by atoms with E-state index in [1.807, 2.05) is 31.2 Å². The smallest absolute Gasteiger partial charge is 0.220 e. The van der Waals surface area contributed by atoms with Crippen molar-refractivity contribution in [1.82, 2.24) is 10.3 Å². The van der Waals surface area contributed by atoms with Crippen LogP contribution in [0.5, 0.6) is 0 Å². The summed E-state index contributed by atoms with van der Waals surface area (Å²) in [6.45, 7) is 1.93. The SMILES string of the molecule is CC(Cc1ccc(Cl)cc1Cl)NC(=O)CCc1ncc(-c2ccccc2Cl)o1. The van der Waals surface area contributed by atoms with Crippen molar-refractivity contribution in [3.63, 3.8) is 0 Å². The molecule has 7 heteroatoms. The first kappa shape index (κ1) is 20.7. The molecule has 0 aliphatic carbocycles. The summed E-state index contributed by atoms with van der Waals surface area (Å²) in [4.78, 5) is 16.5. The predicted octanol–water partition coefficient (Wildman–Crippen LogP) is 5.98. The largest absolute Gasteiger partial charge is 0.441 e. The lowest BCUT2D eigenvalue weighted by molar-refractivity contribution is -0.121. The minimum Gasteiger partial charge on any atom is -0.441 e. The second-order valence-corrected chi connectivity index (χ2v) is 7.76. The molecule has 0 fully saturated rings. The highest BCUT2D eigenvalue weighted by molar-refractivity contribution is 6.35. The van der Waals surface area contributed by atoms with E-state index in [9.17, 15) is 4.79 Å². The van der Waals surface area contributed by atoms with E-state index in [-0.39, 0.29) is 18.4 Å². The van der Waals surface area contributed by atoms with Gasteiger partial charge in [0, 0.05) is 34.5 Å². The second-order valence-electron chi connectivity index (χ2n) is 6.51. The zero-order valence-corrected chi connectivity index (χ0v) is 17.5. The molecule has 2 aromatic carbocycles. The Bertz CT molecular complexity index is 972. The molecule has 3 aromatic rings. The van der Waals surface area contributed by atoms with E-state index >= 15 is 0 Å². The third-order valence-corrected chi connectivity index (χ3v) is 5.12. The molecule has 3 rings (SSSR count). The summed E-state index contributed by atoms with van der Waals surface area (Å²) >= 11 is 18.3. The number of hydrogen-bond acceptors (Lipinski definition) is 3. The van der Waals surface area contributed by atoms with Crippen LogP contribution >= 0.6 is 34.8 Å². The molecule has 0 aliphatic rings. The van der Waals surface area contributed by atoms with Crippen molar-refractivity contribution in [2.24, 2.45) is 0 Å². The quantitative estimate of drug-likeness (QED) is 0.494. The molecule has 0 spiro atoms. The Labute approximate surface area is 178 Å². The van der Waals surface area contributed by atoms with Gasteiger partial charge < -0.3 is 9.73 Å². The van der Waals surface area contributed by atoms with Crippen LogP contribution in [0.4, 0.5) is 0 Å². The van der Waals surface area contributed by atoms with E-state index in [1.165, 1.54) is 0 Å². The van der Waals surface area contributed by atoms with Gasteiger partial charge in [-0.1, -0.05) is 53.0 Å². The number of hydrogen-bond donors (Lipinski definition) is 1. The van der Waals surface area contributed by atoms with Crippen LogP contribution in [0, 0.1) is 0 Å². The highest BCUT2D eigenvalue weighted by Crippen LogP contribution is 2.28. The minimum atomic E-state index is -0.0740. The molecular formula is C21H19Cl3N2O2. The Morgan fingerprint density at radius 1 is 1.14 bits per heavy atom. The summed E-state index contributed by atoms with van der Waals surface area (Å²) in [7, 11) is 0. The number of oxazole rings is 1. The molecule has 0 aliphatic heterocycles. The van der Waals surface area contributed by atoms with Crippen LogP contribution in [-0.2, 0) is 17.6 Å². The number of carbonyl (C=O) groups is 1. The highest BCUT2D eigenvalue weighted by atomic mass is 35.5. The third kappa shape index (κ3) is 5.51. The van der Waals surface area contributed by atoms with Crippen LogP contribution < -0.4 is 5.32 Å². The number of nitrogens with zero attached hydrogens (tertiary/aromatic N) is 1. The fourth-order valence-corrected chi connectivity index (χ4v) is 3.56. The summed E-state index contributed by atoms with van der Waals surface area (Å²) in [5.74, 6) is 1.01. The van der Waals surface area contributed by atoms with Crippen molar-refractivity contribution < 1.29 is 9.21 Å². The molecule has 0 saturated heterocycles. The van der Waals surface area contributed by atoms with E-state index in [0.717, 1.165) is 11.1 Å². The normalized spacial score (nSPS) is 12.0. The molecular weight excluding hydrogens is 419 g/mol. The van der Waals surface area contributed by atoms with Gasteiger partial charge in [-0.15, -0.1) is 0 Å². The number of nitrogens with one attached hydrogen (secondary N) is 1. The van der Waals surface area contributed by atoms with Crippen LogP contribution in [0.1, 0.15) is 24.8 Å². The molecule has 1 atom stereocenters. The van der Waals surface area contributed by atoms with Gasteiger partial charge in [-0.3, -0.25) is 4.79 Å². The Balaban J connectivity index is 1.51. The maximum atomic E-state index is 12.2. The first-order chi connectivity index (χ1) is 13.4. The van der Waals surface area contributed by atoms with Crippen molar-refractivity contribution in [2.45, 2.75) is 32.2 Å². The zero-order chi connectivity index (χ0) is 20.1. The number of halogens is 3. The summed E-state index contributed by atoms with van der Waals surface area (Å²) in [6, 6.07) is 12.7. The average Bonchev–Trinajstić information content (AvgIpc) is 3.11. The van der Waals surface area contributed by atoms with E-state index in [1.54, 1.807) is 24.4 Å². The molecule has 0 radical (unpaired) electrons. The topological polar surface area (TPSA) is 55.1 Å². The zero-order valence-electron chi connectivity index (χ0n) is 15.2. The number of benzene rings is 2. The monoisotopic (exact) mass is 436 g/mol. The van der Waals surface area contributed by atoms with Crippen molar-refractivity contribution in [3.05, 3.63) is 75.2 Å². The molecule has 1 amide bonds. The predicted molar refractivity (Wildman–Crippen MR) is 113 cm³/mol. The molecule has 28 heavy (non-hydrogen) atoms. The Hall–Kier alpha value is -2.01. The molecule has 1 N–H and O–H groups in total. The minimum absolute atomic E-state index is 0.0607. The fourth-order valence-electron chi connectivity index (χ4n) is 2.85. The first-order valence-electron chi connectivity index (χ1n) is 8.85. The lowest BCUT2D eigenvalue weighted by atomic mass is 10.1. The second kappa shape index (κ2) is 9.46. The van der Waals surface area contributed by atoms with Gasteiger partial charge in [0.15, 0.2) is 11.7 Å².